The third-order valence-electron chi connectivity index (χ3n) is 2.87. The van der Waals surface area contributed by atoms with E-state index < -0.39 is 0 Å². The van der Waals surface area contributed by atoms with Crippen molar-refractivity contribution in [1.82, 2.24) is 15.1 Å². The Bertz CT molecular complexity index is 517. The van der Waals surface area contributed by atoms with Crippen LogP contribution in [0.2, 0.25) is 0 Å². The standard InChI is InChI=1S/C15H23N3O2/c1-4-5-18-9-15(8-17-18)20-11-14-6-13(10-19-14)7-16-12(2)3/h6,8-10,12,16H,4-5,7,11H2,1-3H3. The predicted octanol–water partition coefficient (Wildman–Crippen LogP) is 2.96. The summed E-state index contributed by atoms with van der Waals surface area (Å²) in [6.45, 7) is 8.53. The van der Waals surface area contributed by atoms with Crippen LogP contribution in [0.1, 0.15) is 38.5 Å². The molecule has 2 aromatic heterocycles. The van der Waals surface area contributed by atoms with E-state index in [2.05, 4.69) is 31.2 Å². The molecule has 0 amide bonds. The van der Waals surface area contributed by atoms with Crippen LogP contribution in [0.25, 0.3) is 0 Å². The molecule has 0 fully saturated rings. The SMILES string of the molecule is CCCn1cc(OCc2cc(CNC(C)C)co2)cn1. The predicted molar refractivity (Wildman–Crippen MR) is 77.5 cm³/mol. The summed E-state index contributed by atoms with van der Waals surface area (Å²) in [5.41, 5.74) is 1.14. The Kier molecular flexibility index (Phi) is 5.24. The molecule has 0 unspecified atom stereocenters. The Morgan fingerprint density at radius 2 is 2.30 bits per heavy atom. The molecule has 20 heavy (non-hydrogen) atoms. The van der Waals surface area contributed by atoms with Crippen LogP contribution < -0.4 is 10.1 Å². The lowest BCUT2D eigenvalue weighted by atomic mass is 10.3. The number of rotatable bonds is 8. The van der Waals surface area contributed by atoms with Crippen molar-refractivity contribution in [3.8, 4) is 5.75 Å². The van der Waals surface area contributed by atoms with Crippen LogP contribution in [-0.4, -0.2) is 15.8 Å². The average molecular weight is 277 g/mol. The van der Waals surface area contributed by atoms with Gasteiger partial charge in [-0.05, 0) is 12.5 Å². The van der Waals surface area contributed by atoms with E-state index in [0.717, 1.165) is 36.6 Å². The quantitative estimate of drug-likeness (QED) is 0.806. The largest absolute Gasteiger partial charge is 0.482 e. The maximum atomic E-state index is 5.66. The van der Waals surface area contributed by atoms with Crippen molar-refractivity contribution in [2.75, 3.05) is 0 Å². The van der Waals surface area contributed by atoms with Crippen molar-refractivity contribution in [2.24, 2.45) is 0 Å². The van der Waals surface area contributed by atoms with Crippen LogP contribution in [0, 0.1) is 0 Å². The Labute approximate surface area is 119 Å². The minimum atomic E-state index is 0.430. The highest BCUT2D eigenvalue weighted by Crippen LogP contribution is 2.14. The molecular weight excluding hydrogens is 254 g/mol. The van der Waals surface area contributed by atoms with E-state index >= 15 is 0 Å². The Morgan fingerprint density at radius 3 is 3.05 bits per heavy atom. The van der Waals surface area contributed by atoms with E-state index in [1.807, 2.05) is 16.9 Å². The van der Waals surface area contributed by atoms with Crippen molar-refractivity contribution in [3.63, 3.8) is 0 Å². The zero-order valence-corrected chi connectivity index (χ0v) is 12.4. The van der Waals surface area contributed by atoms with E-state index in [0.29, 0.717) is 12.6 Å². The number of hydrogen-bond donors (Lipinski definition) is 1. The molecule has 110 valence electrons. The van der Waals surface area contributed by atoms with Crippen LogP contribution in [-0.2, 0) is 19.7 Å². The maximum Gasteiger partial charge on any atom is 0.157 e. The average Bonchev–Trinajstić information content (AvgIpc) is 3.03. The first-order valence-electron chi connectivity index (χ1n) is 7.12. The third kappa shape index (κ3) is 4.42. The molecule has 0 aromatic carbocycles. The van der Waals surface area contributed by atoms with Crippen LogP contribution in [0.5, 0.6) is 5.75 Å². The minimum Gasteiger partial charge on any atom is -0.482 e. The van der Waals surface area contributed by atoms with Crippen molar-refractivity contribution in [3.05, 3.63) is 36.0 Å². The van der Waals surface area contributed by atoms with Gasteiger partial charge in [-0.3, -0.25) is 4.68 Å². The molecule has 2 aromatic rings. The molecule has 0 saturated heterocycles. The van der Waals surface area contributed by atoms with Gasteiger partial charge in [0.05, 0.1) is 18.7 Å². The number of aryl methyl sites for hydroxylation is 1. The van der Waals surface area contributed by atoms with Crippen LogP contribution in [0.3, 0.4) is 0 Å². The fraction of sp³-hybridized carbons (Fsp3) is 0.533. The van der Waals surface area contributed by atoms with Crippen LogP contribution in [0.15, 0.2) is 29.1 Å². The summed E-state index contributed by atoms with van der Waals surface area (Å²) in [4.78, 5) is 0. The second-order valence-corrected chi connectivity index (χ2v) is 5.18. The topological polar surface area (TPSA) is 52.2 Å². The van der Waals surface area contributed by atoms with Gasteiger partial charge in [-0.25, -0.2) is 0 Å². The van der Waals surface area contributed by atoms with Crippen molar-refractivity contribution in [1.29, 1.82) is 0 Å². The molecular formula is C15H23N3O2. The lowest BCUT2D eigenvalue weighted by Gasteiger charge is -2.04. The van der Waals surface area contributed by atoms with Gasteiger partial charge in [0.15, 0.2) is 5.75 Å². The molecule has 0 bridgehead atoms. The molecule has 2 rings (SSSR count). The van der Waals surface area contributed by atoms with Gasteiger partial charge in [0.1, 0.15) is 12.4 Å². The number of hydrogen-bond acceptors (Lipinski definition) is 4. The molecule has 5 nitrogen and oxygen atoms in total. The van der Waals surface area contributed by atoms with E-state index in [1.54, 1.807) is 12.5 Å². The van der Waals surface area contributed by atoms with Gasteiger partial charge >= 0.3 is 0 Å². The number of aromatic nitrogens is 2. The molecule has 5 heteroatoms. The zero-order valence-electron chi connectivity index (χ0n) is 12.4. The fourth-order valence-corrected chi connectivity index (χ4v) is 1.84. The molecule has 0 saturated carbocycles. The van der Waals surface area contributed by atoms with Gasteiger partial charge < -0.3 is 14.5 Å². The first-order chi connectivity index (χ1) is 9.67. The normalized spacial score (nSPS) is 11.2. The highest BCUT2D eigenvalue weighted by Gasteiger charge is 2.05. The maximum absolute atomic E-state index is 5.66. The van der Waals surface area contributed by atoms with E-state index in [-0.39, 0.29) is 0 Å². The number of ether oxygens (including phenoxy) is 1. The Morgan fingerprint density at radius 1 is 1.45 bits per heavy atom. The van der Waals surface area contributed by atoms with Gasteiger partial charge in [-0.1, -0.05) is 20.8 Å². The fourth-order valence-electron chi connectivity index (χ4n) is 1.84. The Balaban J connectivity index is 1.81. The molecule has 0 spiro atoms. The zero-order chi connectivity index (χ0) is 14.4. The molecule has 1 N–H and O–H groups in total. The van der Waals surface area contributed by atoms with E-state index in [4.69, 9.17) is 9.15 Å². The molecule has 0 aliphatic rings. The summed E-state index contributed by atoms with van der Waals surface area (Å²) in [7, 11) is 0. The highest BCUT2D eigenvalue weighted by atomic mass is 16.5. The monoisotopic (exact) mass is 277 g/mol. The minimum absolute atomic E-state index is 0.430. The number of nitrogens with zero attached hydrogens (tertiary/aromatic N) is 2. The van der Waals surface area contributed by atoms with Gasteiger partial charge in [0.25, 0.3) is 0 Å². The first-order valence-corrected chi connectivity index (χ1v) is 7.12. The second-order valence-electron chi connectivity index (χ2n) is 5.18. The summed E-state index contributed by atoms with van der Waals surface area (Å²) in [5.74, 6) is 1.60. The molecule has 0 aliphatic heterocycles. The van der Waals surface area contributed by atoms with Gasteiger partial charge in [0.2, 0.25) is 0 Å². The molecule has 2 heterocycles. The number of furan rings is 1. The number of nitrogens with one attached hydrogen (secondary N) is 1. The smallest absolute Gasteiger partial charge is 0.157 e. The van der Waals surface area contributed by atoms with Gasteiger partial charge in [-0.2, -0.15) is 5.10 Å². The lowest BCUT2D eigenvalue weighted by Crippen LogP contribution is -2.21. The molecule has 0 aliphatic carbocycles. The first kappa shape index (κ1) is 14.7. The third-order valence-corrected chi connectivity index (χ3v) is 2.87. The van der Waals surface area contributed by atoms with Crippen LogP contribution >= 0.6 is 0 Å². The van der Waals surface area contributed by atoms with Crippen molar-refractivity contribution >= 4 is 0 Å². The summed E-state index contributed by atoms with van der Waals surface area (Å²) in [6.07, 6.45) is 6.48. The van der Waals surface area contributed by atoms with Gasteiger partial charge in [-0.15, -0.1) is 0 Å². The second kappa shape index (κ2) is 7.14. The van der Waals surface area contributed by atoms with Crippen LogP contribution in [0.4, 0.5) is 0 Å². The lowest BCUT2D eigenvalue weighted by molar-refractivity contribution is 0.270. The summed E-state index contributed by atoms with van der Waals surface area (Å²) >= 11 is 0. The summed E-state index contributed by atoms with van der Waals surface area (Å²) < 4.78 is 13.0. The summed E-state index contributed by atoms with van der Waals surface area (Å²) in [5, 5.41) is 7.58. The van der Waals surface area contributed by atoms with E-state index in [1.165, 1.54) is 0 Å². The highest BCUT2D eigenvalue weighted by molar-refractivity contribution is 5.15. The Hall–Kier alpha value is -1.75. The van der Waals surface area contributed by atoms with Crippen molar-refractivity contribution in [2.45, 2.75) is 52.9 Å². The van der Waals surface area contributed by atoms with Crippen molar-refractivity contribution < 1.29 is 9.15 Å². The van der Waals surface area contributed by atoms with Gasteiger partial charge in [0, 0.05) is 24.7 Å². The summed E-state index contributed by atoms with van der Waals surface area (Å²) in [6, 6.07) is 2.49. The molecule has 0 radical (unpaired) electrons. The molecule has 0 atom stereocenters. The van der Waals surface area contributed by atoms with E-state index in [9.17, 15) is 0 Å².